The number of benzene rings is 1. The van der Waals surface area contributed by atoms with E-state index in [2.05, 4.69) is 16.0 Å². The van der Waals surface area contributed by atoms with Gasteiger partial charge in [0.05, 0.1) is 43.1 Å². The lowest BCUT2D eigenvalue weighted by Crippen LogP contribution is -2.49. The summed E-state index contributed by atoms with van der Waals surface area (Å²) < 4.78 is 59.8. The third kappa shape index (κ3) is 5.83. The van der Waals surface area contributed by atoms with E-state index >= 15 is 4.39 Å². The van der Waals surface area contributed by atoms with Crippen LogP contribution in [0.5, 0.6) is 0 Å². The predicted octanol–water partition coefficient (Wildman–Crippen LogP) is 2.72. The molecule has 2 aliphatic rings. The fraction of sp³-hybridized carbons (Fsp3) is 0.391. The third-order valence-corrected chi connectivity index (χ3v) is 5.73. The Morgan fingerprint density at radius 1 is 1.31 bits per heavy atom. The number of nitrogens with zero attached hydrogens (tertiary/aromatic N) is 2. The maximum absolute atomic E-state index is 15.0. The third-order valence-electron chi connectivity index (χ3n) is 5.73. The molecule has 3 rings (SSSR count). The minimum absolute atomic E-state index is 0.0502. The lowest BCUT2D eigenvalue weighted by atomic mass is 9.95. The Hall–Kier alpha value is -3.92. The Labute approximate surface area is 204 Å². The first-order valence-corrected chi connectivity index (χ1v) is 10.9. The first-order chi connectivity index (χ1) is 17.0. The standard InChI is InChI=1S/C23H25F4N7O2/c1-12(35)34-4-3-19(32-14-10-36-11-14)17(9-34)22(30)33-20-5-13(7-28)15(6-18(20)24)16(8-31-2)21(29)23(25,26)27/h5-6,8,14,29,31-32H,3-4,9-11H2,1-2H3,(H2,30,33)/b16-8-,29-21?. The number of nitriles is 1. The average molecular weight is 507 g/mol. The highest BCUT2D eigenvalue weighted by molar-refractivity contribution is 6.25. The van der Waals surface area contributed by atoms with E-state index in [1.165, 1.54) is 18.9 Å². The smallest absolute Gasteiger partial charge is 0.393 e. The van der Waals surface area contributed by atoms with Crippen LogP contribution >= 0.6 is 0 Å². The number of alkyl halides is 3. The fourth-order valence-corrected chi connectivity index (χ4v) is 3.76. The number of hydrogen-bond acceptors (Lipinski definition) is 7. The minimum Gasteiger partial charge on any atom is -0.393 e. The molecule has 0 aliphatic carbocycles. The molecule has 0 spiro atoms. The Bertz CT molecular complexity index is 1180. The molecule has 1 aromatic carbocycles. The van der Waals surface area contributed by atoms with Crippen molar-refractivity contribution in [3.8, 4) is 6.07 Å². The summed E-state index contributed by atoms with van der Waals surface area (Å²) in [7, 11) is 1.31. The SMILES string of the molecule is CN/C=C(\C(=N)C(F)(F)F)c1cc(F)c(NC(=N)C2=C(NC3COC3)CCN(C(C)=O)C2)cc1C#N. The van der Waals surface area contributed by atoms with Crippen LogP contribution in [0, 0.1) is 28.0 Å². The van der Waals surface area contributed by atoms with Gasteiger partial charge >= 0.3 is 6.18 Å². The zero-order valence-electron chi connectivity index (χ0n) is 19.6. The van der Waals surface area contributed by atoms with E-state index in [1.54, 1.807) is 6.07 Å². The monoisotopic (exact) mass is 507 g/mol. The summed E-state index contributed by atoms with van der Waals surface area (Å²) in [4.78, 5) is 13.4. The van der Waals surface area contributed by atoms with Crippen molar-refractivity contribution < 1.29 is 27.1 Å². The van der Waals surface area contributed by atoms with Gasteiger partial charge in [0.2, 0.25) is 5.91 Å². The second kappa shape index (κ2) is 10.8. The van der Waals surface area contributed by atoms with Crippen molar-refractivity contribution in [3.63, 3.8) is 0 Å². The zero-order valence-corrected chi connectivity index (χ0v) is 19.6. The van der Waals surface area contributed by atoms with Gasteiger partial charge in [0.25, 0.3) is 0 Å². The summed E-state index contributed by atoms with van der Waals surface area (Å²) in [5.41, 5.74) is -2.38. The van der Waals surface area contributed by atoms with Crippen molar-refractivity contribution in [1.29, 1.82) is 16.1 Å². The number of nitrogens with one attached hydrogen (secondary N) is 5. The van der Waals surface area contributed by atoms with Crippen LogP contribution in [0.25, 0.3) is 5.57 Å². The minimum atomic E-state index is -5.02. The highest BCUT2D eigenvalue weighted by atomic mass is 19.4. The van der Waals surface area contributed by atoms with Crippen LogP contribution in [-0.4, -0.2) is 67.9 Å². The number of amidine groups is 1. The number of carbonyl (C=O) groups is 1. The molecule has 1 saturated heterocycles. The Balaban J connectivity index is 1.95. The van der Waals surface area contributed by atoms with Crippen LogP contribution in [0.1, 0.15) is 24.5 Å². The van der Waals surface area contributed by atoms with Crippen molar-refractivity contribution in [1.82, 2.24) is 15.5 Å². The van der Waals surface area contributed by atoms with Crippen molar-refractivity contribution in [2.75, 3.05) is 38.7 Å². The van der Waals surface area contributed by atoms with E-state index in [-0.39, 0.29) is 35.6 Å². The largest absolute Gasteiger partial charge is 0.433 e. The Kier molecular flexibility index (Phi) is 7.99. The molecular formula is C23H25F4N7O2. The summed E-state index contributed by atoms with van der Waals surface area (Å²) in [6, 6.07) is 3.50. The normalized spacial score (nSPS) is 16.7. The van der Waals surface area contributed by atoms with Crippen molar-refractivity contribution in [2.45, 2.75) is 25.6 Å². The lowest BCUT2D eigenvalue weighted by Gasteiger charge is -2.35. The predicted molar refractivity (Wildman–Crippen MR) is 125 cm³/mol. The number of halogens is 4. The van der Waals surface area contributed by atoms with Crippen LogP contribution in [0.3, 0.4) is 0 Å². The molecule has 0 radical (unpaired) electrons. The average Bonchev–Trinajstić information content (AvgIpc) is 2.79. The van der Waals surface area contributed by atoms with Crippen molar-refractivity contribution in [3.05, 3.63) is 46.5 Å². The number of allylic oxidation sites excluding steroid dienone is 1. The van der Waals surface area contributed by atoms with Crippen LogP contribution in [0.2, 0.25) is 0 Å². The number of carbonyl (C=O) groups excluding carboxylic acids is 1. The van der Waals surface area contributed by atoms with Gasteiger partial charge in [-0.1, -0.05) is 0 Å². The summed E-state index contributed by atoms with van der Waals surface area (Å²) in [6.45, 7) is 2.92. The molecule has 2 aliphatic heterocycles. The Morgan fingerprint density at radius 3 is 2.53 bits per heavy atom. The summed E-state index contributed by atoms with van der Waals surface area (Å²) >= 11 is 0. The maximum atomic E-state index is 15.0. The quantitative estimate of drug-likeness (QED) is 0.219. The summed E-state index contributed by atoms with van der Waals surface area (Å²) in [5.74, 6) is -1.44. The molecule has 0 aromatic heterocycles. The van der Waals surface area contributed by atoms with Gasteiger partial charge in [-0.2, -0.15) is 18.4 Å². The molecule has 0 atom stereocenters. The van der Waals surface area contributed by atoms with Crippen LogP contribution in [-0.2, 0) is 9.53 Å². The molecule has 9 nitrogen and oxygen atoms in total. The molecule has 0 bridgehead atoms. The van der Waals surface area contributed by atoms with E-state index in [0.717, 1.165) is 18.3 Å². The van der Waals surface area contributed by atoms with Gasteiger partial charge in [-0.3, -0.25) is 15.6 Å². The fourth-order valence-electron chi connectivity index (χ4n) is 3.76. The molecule has 1 fully saturated rings. The number of rotatable bonds is 7. The highest BCUT2D eigenvalue weighted by Crippen LogP contribution is 2.32. The van der Waals surface area contributed by atoms with Gasteiger partial charge < -0.3 is 25.6 Å². The van der Waals surface area contributed by atoms with Crippen LogP contribution in [0.4, 0.5) is 23.2 Å². The molecular weight excluding hydrogens is 482 g/mol. The van der Waals surface area contributed by atoms with Crippen molar-refractivity contribution in [2.24, 2.45) is 0 Å². The number of ether oxygens (including phenoxy) is 1. The zero-order chi connectivity index (χ0) is 26.6. The number of hydrogen-bond donors (Lipinski definition) is 5. The first kappa shape index (κ1) is 26.7. The van der Waals surface area contributed by atoms with Crippen molar-refractivity contribution >= 4 is 28.7 Å². The van der Waals surface area contributed by atoms with Gasteiger partial charge in [-0.05, 0) is 12.1 Å². The van der Waals surface area contributed by atoms with Gasteiger partial charge in [0, 0.05) is 55.5 Å². The Morgan fingerprint density at radius 2 is 2.00 bits per heavy atom. The van der Waals surface area contributed by atoms with E-state index < -0.39 is 28.8 Å². The van der Waals surface area contributed by atoms with Gasteiger partial charge in [0.15, 0.2) is 0 Å². The molecule has 192 valence electrons. The van der Waals surface area contributed by atoms with E-state index in [0.29, 0.717) is 37.4 Å². The van der Waals surface area contributed by atoms with Crippen LogP contribution in [0.15, 0.2) is 29.6 Å². The molecule has 1 aromatic rings. The molecule has 5 N–H and O–H groups in total. The molecule has 0 saturated carbocycles. The maximum Gasteiger partial charge on any atom is 0.433 e. The summed E-state index contributed by atoms with van der Waals surface area (Å²) in [5, 5.41) is 33.8. The molecule has 2 heterocycles. The topological polar surface area (TPSA) is 137 Å². The first-order valence-electron chi connectivity index (χ1n) is 10.9. The second-order valence-electron chi connectivity index (χ2n) is 8.24. The summed E-state index contributed by atoms with van der Waals surface area (Å²) in [6.07, 6.45) is -3.71. The van der Waals surface area contributed by atoms with Gasteiger partial charge in [-0.25, -0.2) is 4.39 Å². The van der Waals surface area contributed by atoms with Gasteiger partial charge in [-0.15, -0.1) is 0 Å². The van der Waals surface area contributed by atoms with E-state index in [1.807, 2.05) is 0 Å². The number of anilines is 1. The number of amides is 1. The highest BCUT2D eigenvalue weighted by Gasteiger charge is 2.38. The molecule has 36 heavy (non-hydrogen) atoms. The molecule has 0 unspecified atom stereocenters. The lowest BCUT2D eigenvalue weighted by molar-refractivity contribution is -0.128. The molecule has 1 amide bonds. The van der Waals surface area contributed by atoms with Crippen LogP contribution < -0.4 is 16.0 Å². The van der Waals surface area contributed by atoms with E-state index in [4.69, 9.17) is 15.6 Å². The van der Waals surface area contributed by atoms with E-state index in [9.17, 15) is 23.2 Å². The second-order valence-corrected chi connectivity index (χ2v) is 8.24. The molecule has 13 heteroatoms. The van der Waals surface area contributed by atoms with Gasteiger partial charge in [0.1, 0.15) is 17.4 Å².